The molecule has 0 aromatic heterocycles. The van der Waals surface area contributed by atoms with Gasteiger partial charge in [0.2, 0.25) is 0 Å². The van der Waals surface area contributed by atoms with Gasteiger partial charge in [-0.2, -0.15) is 0 Å². The van der Waals surface area contributed by atoms with Crippen molar-refractivity contribution < 1.29 is 9.13 Å². The van der Waals surface area contributed by atoms with E-state index in [1.165, 1.54) is 51.0 Å². The second kappa shape index (κ2) is 10.2. The lowest BCUT2D eigenvalue weighted by atomic mass is 9.80. The molecule has 1 aliphatic carbocycles. The van der Waals surface area contributed by atoms with Crippen molar-refractivity contribution in [1.82, 2.24) is 0 Å². The second-order valence-corrected chi connectivity index (χ2v) is 6.63. The van der Waals surface area contributed by atoms with E-state index in [2.05, 4.69) is 24.8 Å². The van der Waals surface area contributed by atoms with Gasteiger partial charge in [0.1, 0.15) is 11.6 Å². The lowest BCUT2D eigenvalue weighted by Gasteiger charge is -2.26. The summed E-state index contributed by atoms with van der Waals surface area (Å²) in [5.74, 6) is 7.67. The third-order valence-corrected chi connectivity index (χ3v) is 4.77. The van der Waals surface area contributed by atoms with Crippen LogP contribution in [0.25, 0.3) is 0 Å². The van der Waals surface area contributed by atoms with E-state index >= 15 is 0 Å². The van der Waals surface area contributed by atoms with Crippen LogP contribution >= 0.6 is 0 Å². The molecule has 1 aliphatic rings. The molecule has 1 aromatic rings. The van der Waals surface area contributed by atoms with Crippen molar-refractivity contribution in [2.24, 2.45) is 11.8 Å². The molecule has 0 saturated heterocycles. The molecule has 24 heavy (non-hydrogen) atoms. The zero-order chi connectivity index (χ0) is 17.2. The van der Waals surface area contributed by atoms with Crippen LogP contribution in [0.1, 0.15) is 64.4 Å². The SMILES string of the molecule is CCCCC1CCC(C=CC#Cc2ccc(OCC)cc2F)CC1. The standard InChI is InChI=1S/C22H29FO/c1-3-5-8-18-11-13-19(14-12-18)9-6-7-10-20-15-16-21(24-4-2)17-22(20)23/h6,9,15-19H,3-5,8,11-14H2,1-2H3. The van der Waals surface area contributed by atoms with Crippen molar-refractivity contribution in [3.8, 4) is 17.6 Å². The zero-order valence-corrected chi connectivity index (χ0v) is 15.0. The fourth-order valence-corrected chi connectivity index (χ4v) is 3.32. The Morgan fingerprint density at radius 2 is 2.00 bits per heavy atom. The minimum absolute atomic E-state index is 0.321. The molecule has 0 spiro atoms. The van der Waals surface area contributed by atoms with Crippen molar-refractivity contribution in [3.63, 3.8) is 0 Å². The monoisotopic (exact) mass is 328 g/mol. The number of hydrogen-bond acceptors (Lipinski definition) is 1. The number of benzene rings is 1. The molecule has 2 heteroatoms. The summed E-state index contributed by atoms with van der Waals surface area (Å²) in [6.45, 7) is 4.68. The molecule has 0 heterocycles. The van der Waals surface area contributed by atoms with Gasteiger partial charge < -0.3 is 4.74 Å². The lowest BCUT2D eigenvalue weighted by molar-refractivity contribution is 0.291. The maximum Gasteiger partial charge on any atom is 0.142 e. The van der Waals surface area contributed by atoms with Gasteiger partial charge in [-0.25, -0.2) is 4.39 Å². The third kappa shape index (κ3) is 6.04. The maximum atomic E-state index is 13.9. The molecular formula is C22H29FO. The average molecular weight is 328 g/mol. The van der Waals surface area contributed by atoms with Crippen LogP contribution in [0.4, 0.5) is 4.39 Å². The Kier molecular flexibility index (Phi) is 7.89. The van der Waals surface area contributed by atoms with Gasteiger partial charge in [-0.15, -0.1) is 0 Å². The van der Waals surface area contributed by atoms with Crippen molar-refractivity contribution in [2.75, 3.05) is 6.61 Å². The Bertz CT molecular complexity index is 586. The van der Waals surface area contributed by atoms with E-state index in [1.807, 2.05) is 13.0 Å². The van der Waals surface area contributed by atoms with E-state index in [0.717, 1.165) is 5.92 Å². The summed E-state index contributed by atoms with van der Waals surface area (Å²) in [6, 6.07) is 4.84. The summed E-state index contributed by atoms with van der Waals surface area (Å²) < 4.78 is 19.2. The second-order valence-electron chi connectivity index (χ2n) is 6.63. The van der Waals surface area contributed by atoms with Crippen LogP contribution in [0.5, 0.6) is 5.75 Å². The fourth-order valence-electron chi connectivity index (χ4n) is 3.32. The predicted molar refractivity (Wildman–Crippen MR) is 98.6 cm³/mol. The largest absolute Gasteiger partial charge is 0.494 e. The first kappa shape index (κ1) is 18.6. The molecule has 130 valence electrons. The van der Waals surface area contributed by atoms with Crippen LogP contribution < -0.4 is 4.74 Å². The molecule has 1 fully saturated rings. The van der Waals surface area contributed by atoms with Gasteiger partial charge in [0.15, 0.2) is 0 Å². The van der Waals surface area contributed by atoms with Crippen molar-refractivity contribution in [3.05, 3.63) is 41.7 Å². The molecule has 0 aliphatic heterocycles. The molecule has 0 unspecified atom stereocenters. The van der Waals surface area contributed by atoms with Crippen LogP contribution in [0.3, 0.4) is 0 Å². The van der Waals surface area contributed by atoms with E-state index in [4.69, 9.17) is 4.74 Å². The first-order valence-electron chi connectivity index (χ1n) is 9.33. The highest BCUT2D eigenvalue weighted by Gasteiger charge is 2.18. The van der Waals surface area contributed by atoms with Crippen LogP contribution in [0.2, 0.25) is 0 Å². The highest BCUT2D eigenvalue weighted by atomic mass is 19.1. The zero-order valence-electron chi connectivity index (χ0n) is 15.0. The lowest BCUT2D eigenvalue weighted by Crippen LogP contribution is -2.12. The maximum absolute atomic E-state index is 13.9. The van der Waals surface area contributed by atoms with Crippen LogP contribution in [0, 0.1) is 29.5 Å². The first-order valence-corrected chi connectivity index (χ1v) is 9.33. The van der Waals surface area contributed by atoms with E-state index in [9.17, 15) is 4.39 Å². The van der Waals surface area contributed by atoms with Crippen molar-refractivity contribution in [2.45, 2.75) is 58.8 Å². The summed E-state index contributed by atoms with van der Waals surface area (Å²) >= 11 is 0. The van der Waals surface area contributed by atoms with Gasteiger partial charge in [0.25, 0.3) is 0 Å². The Morgan fingerprint density at radius 3 is 2.67 bits per heavy atom. The van der Waals surface area contributed by atoms with Gasteiger partial charge >= 0.3 is 0 Å². The summed E-state index contributed by atoms with van der Waals surface area (Å²) in [7, 11) is 0. The van der Waals surface area contributed by atoms with Crippen LogP contribution in [-0.2, 0) is 0 Å². The van der Waals surface area contributed by atoms with E-state index in [-0.39, 0.29) is 5.82 Å². The summed E-state index contributed by atoms with van der Waals surface area (Å²) in [4.78, 5) is 0. The van der Waals surface area contributed by atoms with Gasteiger partial charge in [0, 0.05) is 6.07 Å². The summed E-state index contributed by atoms with van der Waals surface area (Å²) in [5.41, 5.74) is 0.423. The minimum Gasteiger partial charge on any atom is -0.494 e. The van der Waals surface area contributed by atoms with E-state index in [0.29, 0.717) is 23.8 Å². The molecule has 0 N–H and O–H groups in total. The van der Waals surface area contributed by atoms with Crippen LogP contribution in [0.15, 0.2) is 30.4 Å². The quantitative estimate of drug-likeness (QED) is 0.571. The molecule has 1 aromatic carbocycles. The summed E-state index contributed by atoms with van der Waals surface area (Å²) in [6.07, 6.45) is 13.4. The Balaban J connectivity index is 1.82. The number of hydrogen-bond donors (Lipinski definition) is 0. The normalized spacial score (nSPS) is 20.6. The first-order chi connectivity index (χ1) is 11.7. The van der Waals surface area contributed by atoms with E-state index < -0.39 is 0 Å². The highest BCUT2D eigenvalue weighted by Crippen LogP contribution is 2.32. The smallest absolute Gasteiger partial charge is 0.142 e. The van der Waals surface area contributed by atoms with Gasteiger partial charge in [-0.1, -0.05) is 44.1 Å². The average Bonchev–Trinajstić information content (AvgIpc) is 2.60. The highest BCUT2D eigenvalue weighted by molar-refractivity contribution is 5.41. The third-order valence-electron chi connectivity index (χ3n) is 4.77. The molecule has 0 atom stereocenters. The number of unbranched alkanes of at least 4 members (excludes halogenated alkanes) is 1. The fraction of sp³-hybridized carbons (Fsp3) is 0.545. The van der Waals surface area contributed by atoms with Gasteiger partial charge in [0.05, 0.1) is 12.2 Å². The number of halogens is 1. The molecule has 2 rings (SSSR count). The minimum atomic E-state index is -0.321. The molecule has 0 radical (unpaired) electrons. The summed E-state index contributed by atoms with van der Waals surface area (Å²) in [5, 5.41) is 0. The van der Waals surface area contributed by atoms with Crippen LogP contribution in [-0.4, -0.2) is 6.61 Å². The van der Waals surface area contributed by atoms with Crippen molar-refractivity contribution >= 4 is 0 Å². The van der Waals surface area contributed by atoms with Gasteiger partial charge in [-0.3, -0.25) is 0 Å². The number of ether oxygens (including phenoxy) is 1. The Morgan fingerprint density at radius 1 is 1.21 bits per heavy atom. The number of allylic oxidation sites excluding steroid dienone is 2. The van der Waals surface area contributed by atoms with Crippen molar-refractivity contribution in [1.29, 1.82) is 0 Å². The Labute approximate surface area is 146 Å². The van der Waals surface area contributed by atoms with Gasteiger partial charge in [-0.05, 0) is 62.7 Å². The topological polar surface area (TPSA) is 9.23 Å². The molecule has 0 bridgehead atoms. The predicted octanol–water partition coefficient (Wildman–Crippen LogP) is 6.13. The molecule has 0 amide bonds. The molecular weight excluding hydrogens is 299 g/mol. The molecule has 1 nitrogen and oxygen atoms in total. The Hall–Kier alpha value is -1.75. The number of rotatable bonds is 6. The molecule has 1 saturated carbocycles. The van der Waals surface area contributed by atoms with E-state index in [1.54, 1.807) is 12.1 Å².